The third kappa shape index (κ3) is 8.29. The molecule has 2 aliphatic rings. The van der Waals surface area contributed by atoms with Crippen LogP contribution in [0.15, 0.2) is 84.4 Å². The predicted octanol–water partition coefficient (Wildman–Crippen LogP) is 10.9. The monoisotopic (exact) mass is 592 g/mol. The normalized spacial score (nSPS) is 15.9. The summed E-state index contributed by atoms with van der Waals surface area (Å²) in [7, 11) is 0. The van der Waals surface area contributed by atoms with Gasteiger partial charge in [-0.3, -0.25) is 0 Å². The molecule has 3 heteroatoms. The van der Waals surface area contributed by atoms with Crippen LogP contribution in [0.1, 0.15) is 112 Å². The maximum Gasteiger partial charge on any atom is 0.0822 e. The first kappa shape index (κ1) is 32.8. The highest BCUT2D eigenvalue weighted by molar-refractivity contribution is 5.94. The van der Waals surface area contributed by atoms with Crippen LogP contribution in [0.2, 0.25) is 0 Å². The van der Waals surface area contributed by atoms with Gasteiger partial charge in [0, 0.05) is 13.1 Å². The van der Waals surface area contributed by atoms with Crippen LogP contribution >= 0.6 is 12.4 Å². The molecule has 0 spiro atoms. The van der Waals surface area contributed by atoms with Gasteiger partial charge >= 0.3 is 0 Å². The summed E-state index contributed by atoms with van der Waals surface area (Å²) in [5.41, 5.74) is 9.25. The van der Waals surface area contributed by atoms with Crippen LogP contribution in [0.5, 0.6) is 0 Å². The molecule has 1 aliphatic carbocycles. The van der Waals surface area contributed by atoms with Gasteiger partial charge in [-0.25, -0.2) is 0 Å². The van der Waals surface area contributed by atoms with E-state index in [0.29, 0.717) is 0 Å². The van der Waals surface area contributed by atoms with Crippen LogP contribution in [0.4, 0.5) is 0 Å². The fourth-order valence-corrected chi connectivity index (χ4v) is 7.08. The summed E-state index contributed by atoms with van der Waals surface area (Å²) in [6, 6.07) is 31.2. The highest BCUT2D eigenvalue weighted by Crippen LogP contribution is 2.39. The first-order valence-electron chi connectivity index (χ1n) is 16.5. The molecule has 0 radical (unpaired) electrons. The lowest BCUT2D eigenvalue weighted by Gasteiger charge is -2.32. The van der Waals surface area contributed by atoms with Crippen molar-refractivity contribution in [1.29, 1.82) is 5.26 Å². The van der Waals surface area contributed by atoms with E-state index in [1.165, 1.54) is 71.9 Å². The first-order valence-corrected chi connectivity index (χ1v) is 16.5. The summed E-state index contributed by atoms with van der Waals surface area (Å²) in [5.74, 6) is 0. The second-order valence-corrected chi connectivity index (χ2v) is 12.4. The quantitative estimate of drug-likeness (QED) is 0.144. The van der Waals surface area contributed by atoms with Gasteiger partial charge in [-0.2, -0.15) is 5.26 Å². The van der Waals surface area contributed by atoms with Crippen molar-refractivity contribution in [2.45, 2.75) is 89.4 Å². The van der Waals surface area contributed by atoms with Gasteiger partial charge in [0.15, 0.2) is 0 Å². The van der Waals surface area contributed by atoms with Crippen molar-refractivity contribution < 1.29 is 0 Å². The number of likely N-dealkylation sites (tertiary alicyclic amines) is 1. The van der Waals surface area contributed by atoms with Crippen LogP contribution in [-0.2, 0) is 5.41 Å². The van der Waals surface area contributed by atoms with E-state index in [9.17, 15) is 5.26 Å². The summed E-state index contributed by atoms with van der Waals surface area (Å²) >= 11 is 0. The Morgan fingerprint density at radius 2 is 1.21 bits per heavy atom. The maximum absolute atomic E-state index is 10.5. The third-order valence-electron chi connectivity index (χ3n) is 9.54. The molecule has 0 amide bonds. The molecule has 0 saturated carbocycles. The molecule has 3 aromatic rings. The van der Waals surface area contributed by atoms with E-state index in [0.717, 1.165) is 58.2 Å². The van der Waals surface area contributed by atoms with E-state index in [-0.39, 0.29) is 17.8 Å². The average Bonchev–Trinajstić information content (AvgIpc) is 3.21. The number of hydrogen-bond donors (Lipinski definition) is 0. The fraction of sp³-hybridized carbons (Fsp3) is 0.425. The van der Waals surface area contributed by atoms with Gasteiger partial charge in [-0.15, -0.1) is 12.4 Å². The number of fused-ring (bicyclic) bond motifs is 2. The van der Waals surface area contributed by atoms with Gasteiger partial charge in [-0.1, -0.05) is 148 Å². The number of piperidine rings is 1. The molecule has 0 bridgehead atoms. The van der Waals surface area contributed by atoms with Crippen molar-refractivity contribution in [2.24, 2.45) is 0 Å². The SMILES string of the molecule is CCCCCCCCCC(C#N)(CCCN1CCC(=C2c3ccccc3C=Cc3ccccc32)CC1)c1ccccc1.Cl. The zero-order valence-electron chi connectivity index (χ0n) is 26.1. The molecule has 1 heterocycles. The van der Waals surface area contributed by atoms with Crippen LogP contribution in [0.25, 0.3) is 17.7 Å². The summed E-state index contributed by atoms with van der Waals surface area (Å²) in [6.45, 7) is 5.54. The lowest BCUT2D eigenvalue weighted by molar-refractivity contribution is 0.243. The summed E-state index contributed by atoms with van der Waals surface area (Å²) in [5, 5.41) is 10.5. The molecule has 0 aromatic heterocycles. The van der Waals surface area contributed by atoms with Gasteiger partial charge in [0.25, 0.3) is 0 Å². The standard InChI is InChI=1S/C40H48N2.ClH/c1-2-3-4-5-6-7-15-27-40(32-41,36-19-9-8-10-20-36)28-16-29-42-30-25-35(26-31-42)39-37-21-13-11-17-33(37)23-24-34-18-12-14-22-38(34)39;/h8-14,17-24H,2-7,15-16,25-31H2,1H3;1H. The lowest BCUT2D eigenvalue weighted by atomic mass is 9.74. The minimum Gasteiger partial charge on any atom is -0.303 e. The van der Waals surface area contributed by atoms with Crippen molar-refractivity contribution in [3.8, 4) is 6.07 Å². The Balaban J connectivity index is 0.00000423. The largest absolute Gasteiger partial charge is 0.303 e. The summed E-state index contributed by atoms with van der Waals surface area (Å²) in [4.78, 5) is 2.64. The molecule has 1 aliphatic heterocycles. The van der Waals surface area contributed by atoms with Gasteiger partial charge in [0.2, 0.25) is 0 Å². The van der Waals surface area contributed by atoms with Gasteiger partial charge < -0.3 is 4.90 Å². The number of hydrogen-bond acceptors (Lipinski definition) is 2. The zero-order valence-corrected chi connectivity index (χ0v) is 26.9. The predicted molar refractivity (Wildman–Crippen MR) is 186 cm³/mol. The van der Waals surface area contributed by atoms with E-state index in [4.69, 9.17) is 0 Å². The Bertz CT molecular complexity index is 1340. The van der Waals surface area contributed by atoms with Crippen LogP contribution in [0.3, 0.4) is 0 Å². The molecular formula is C40H49ClN2. The Morgan fingerprint density at radius 1 is 0.674 bits per heavy atom. The zero-order chi connectivity index (χ0) is 29.0. The second kappa shape index (κ2) is 16.7. The molecule has 1 unspecified atom stereocenters. The highest BCUT2D eigenvalue weighted by Gasteiger charge is 2.32. The fourth-order valence-electron chi connectivity index (χ4n) is 7.08. The number of rotatable bonds is 13. The molecule has 1 fully saturated rings. The molecule has 5 rings (SSSR count). The molecule has 3 aromatic carbocycles. The number of benzene rings is 3. The van der Waals surface area contributed by atoms with E-state index in [1.54, 1.807) is 5.57 Å². The van der Waals surface area contributed by atoms with Crippen molar-refractivity contribution >= 4 is 30.1 Å². The first-order chi connectivity index (χ1) is 20.7. The molecule has 1 saturated heterocycles. The Morgan fingerprint density at radius 3 is 1.81 bits per heavy atom. The van der Waals surface area contributed by atoms with E-state index >= 15 is 0 Å². The lowest BCUT2D eigenvalue weighted by Crippen LogP contribution is -2.33. The van der Waals surface area contributed by atoms with Gasteiger partial charge in [-0.05, 0) is 72.0 Å². The van der Waals surface area contributed by atoms with Crippen LogP contribution in [-0.4, -0.2) is 24.5 Å². The number of nitriles is 1. The Kier molecular flexibility index (Phi) is 12.7. The van der Waals surface area contributed by atoms with Crippen molar-refractivity contribution in [3.05, 3.63) is 112 Å². The van der Waals surface area contributed by atoms with Crippen LogP contribution < -0.4 is 0 Å². The molecule has 226 valence electrons. The number of unbranched alkanes of at least 4 members (excludes halogenated alkanes) is 6. The molecule has 1 atom stereocenters. The Labute approximate surface area is 266 Å². The summed E-state index contributed by atoms with van der Waals surface area (Å²) < 4.78 is 0. The van der Waals surface area contributed by atoms with E-state index in [2.05, 4.69) is 109 Å². The molecule has 0 N–H and O–H groups in total. The molecule has 2 nitrogen and oxygen atoms in total. The van der Waals surface area contributed by atoms with Crippen molar-refractivity contribution in [3.63, 3.8) is 0 Å². The minimum absolute atomic E-state index is 0. The molecular weight excluding hydrogens is 544 g/mol. The topological polar surface area (TPSA) is 27.0 Å². The second-order valence-electron chi connectivity index (χ2n) is 12.4. The van der Waals surface area contributed by atoms with Crippen molar-refractivity contribution in [1.82, 2.24) is 4.90 Å². The van der Waals surface area contributed by atoms with Crippen molar-refractivity contribution in [2.75, 3.05) is 19.6 Å². The van der Waals surface area contributed by atoms with Gasteiger partial charge in [0.1, 0.15) is 0 Å². The molecule has 43 heavy (non-hydrogen) atoms. The average molecular weight is 593 g/mol. The maximum atomic E-state index is 10.5. The highest BCUT2D eigenvalue weighted by atomic mass is 35.5. The third-order valence-corrected chi connectivity index (χ3v) is 9.54. The van der Waals surface area contributed by atoms with Crippen LogP contribution in [0, 0.1) is 11.3 Å². The van der Waals surface area contributed by atoms with E-state index < -0.39 is 0 Å². The number of nitrogens with zero attached hydrogens (tertiary/aromatic N) is 2. The van der Waals surface area contributed by atoms with E-state index in [1.807, 2.05) is 0 Å². The summed E-state index contributed by atoms with van der Waals surface area (Å²) in [6.07, 6.45) is 18.8. The smallest absolute Gasteiger partial charge is 0.0822 e. The Hall–Kier alpha value is -3.12. The minimum atomic E-state index is -0.367. The van der Waals surface area contributed by atoms with Gasteiger partial charge in [0.05, 0.1) is 11.5 Å². The number of halogens is 1.